The van der Waals surface area contributed by atoms with Crippen LogP contribution in [0.5, 0.6) is 0 Å². The van der Waals surface area contributed by atoms with Crippen molar-refractivity contribution >= 4 is 22.9 Å². The highest BCUT2D eigenvalue weighted by molar-refractivity contribution is 6.03. The van der Waals surface area contributed by atoms with Crippen molar-refractivity contribution in [3.05, 3.63) is 41.9 Å². The summed E-state index contributed by atoms with van der Waals surface area (Å²) in [6.45, 7) is 3.88. The van der Waals surface area contributed by atoms with Crippen molar-refractivity contribution in [2.45, 2.75) is 19.8 Å². The fraction of sp³-hybridized carbons (Fsp3) is 0.214. The van der Waals surface area contributed by atoms with Gasteiger partial charge in [0.2, 0.25) is 0 Å². The van der Waals surface area contributed by atoms with E-state index in [4.69, 9.17) is 8.94 Å². The summed E-state index contributed by atoms with van der Waals surface area (Å²) in [6, 6.07) is 9.14. The van der Waals surface area contributed by atoms with Crippen molar-refractivity contribution in [2.75, 3.05) is 5.32 Å². The second-order valence-electron chi connectivity index (χ2n) is 4.72. The molecule has 2 heterocycles. The number of nitrogens with one attached hydrogen (secondary N) is 1. The van der Waals surface area contributed by atoms with Crippen molar-refractivity contribution in [2.24, 2.45) is 0 Å². The van der Waals surface area contributed by atoms with Gasteiger partial charge in [0.1, 0.15) is 5.58 Å². The first-order chi connectivity index (χ1) is 9.63. The molecule has 1 aromatic carbocycles. The zero-order chi connectivity index (χ0) is 14.1. The number of nitrogens with zero attached hydrogens (tertiary/aromatic N) is 2. The number of anilines is 1. The van der Waals surface area contributed by atoms with Crippen LogP contribution in [0.3, 0.4) is 0 Å². The van der Waals surface area contributed by atoms with Gasteiger partial charge in [-0.25, -0.2) is 0 Å². The third kappa shape index (κ3) is 2.27. The van der Waals surface area contributed by atoms with E-state index >= 15 is 0 Å². The molecule has 0 unspecified atom stereocenters. The van der Waals surface area contributed by atoms with Gasteiger partial charge in [0, 0.05) is 11.3 Å². The number of para-hydroxylation sites is 1. The zero-order valence-corrected chi connectivity index (χ0v) is 11.1. The van der Waals surface area contributed by atoms with Gasteiger partial charge in [0.05, 0.1) is 0 Å². The Hall–Kier alpha value is -2.63. The van der Waals surface area contributed by atoms with Gasteiger partial charge >= 0.3 is 6.01 Å². The molecule has 102 valence electrons. The molecule has 20 heavy (non-hydrogen) atoms. The number of benzene rings is 1. The number of hydrogen-bond donors (Lipinski definition) is 1. The second-order valence-corrected chi connectivity index (χ2v) is 4.72. The Morgan fingerprint density at radius 2 is 2.10 bits per heavy atom. The summed E-state index contributed by atoms with van der Waals surface area (Å²) in [6.07, 6.45) is 0. The SMILES string of the molecule is CC(C)c1noc(NC(=O)c2cc3ccccc3o2)n1. The number of amides is 1. The quantitative estimate of drug-likeness (QED) is 0.791. The van der Waals surface area contributed by atoms with Gasteiger partial charge in [-0.05, 0) is 12.1 Å². The van der Waals surface area contributed by atoms with Crippen LogP contribution in [0.1, 0.15) is 36.1 Å². The minimum absolute atomic E-state index is 0.0687. The first-order valence-corrected chi connectivity index (χ1v) is 6.27. The van der Waals surface area contributed by atoms with Crippen molar-refractivity contribution < 1.29 is 13.7 Å². The molecule has 1 amide bonds. The third-order valence-electron chi connectivity index (χ3n) is 2.83. The number of fused-ring (bicyclic) bond motifs is 1. The molecule has 0 saturated carbocycles. The van der Waals surface area contributed by atoms with Gasteiger partial charge in [-0.1, -0.05) is 37.2 Å². The lowest BCUT2D eigenvalue weighted by Gasteiger charge is -1.95. The molecular weight excluding hydrogens is 258 g/mol. The molecule has 6 heteroatoms. The van der Waals surface area contributed by atoms with Crippen LogP contribution in [0.25, 0.3) is 11.0 Å². The highest BCUT2D eigenvalue weighted by Gasteiger charge is 2.16. The van der Waals surface area contributed by atoms with Crippen molar-refractivity contribution in [3.8, 4) is 0 Å². The molecule has 0 aliphatic carbocycles. The lowest BCUT2D eigenvalue weighted by Crippen LogP contribution is -2.11. The van der Waals surface area contributed by atoms with Gasteiger partial charge in [-0.15, -0.1) is 0 Å². The van der Waals surface area contributed by atoms with Crippen molar-refractivity contribution in [3.63, 3.8) is 0 Å². The zero-order valence-electron chi connectivity index (χ0n) is 11.1. The summed E-state index contributed by atoms with van der Waals surface area (Å²) in [5.74, 6) is 0.469. The Morgan fingerprint density at radius 3 is 2.80 bits per heavy atom. The van der Waals surface area contributed by atoms with Crippen LogP contribution in [0, 0.1) is 0 Å². The third-order valence-corrected chi connectivity index (χ3v) is 2.83. The Balaban J connectivity index is 1.81. The van der Waals surface area contributed by atoms with Crippen LogP contribution in [0.4, 0.5) is 6.01 Å². The minimum atomic E-state index is -0.417. The van der Waals surface area contributed by atoms with Gasteiger partial charge in [-0.3, -0.25) is 10.1 Å². The smallest absolute Gasteiger partial charge is 0.328 e. The average Bonchev–Trinajstić information content (AvgIpc) is 3.04. The molecule has 0 radical (unpaired) electrons. The Bertz CT molecular complexity index is 725. The molecule has 6 nitrogen and oxygen atoms in total. The maximum atomic E-state index is 12.0. The number of aromatic nitrogens is 2. The van der Waals surface area contributed by atoms with E-state index in [2.05, 4.69) is 15.5 Å². The van der Waals surface area contributed by atoms with Crippen LogP contribution < -0.4 is 5.32 Å². The maximum absolute atomic E-state index is 12.0. The number of rotatable bonds is 3. The molecule has 0 atom stereocenters. The molecule has 1 N–H and O–H groups in total. The molecule has 0 aliphatic heterocycles. The Labute approximate surface area is 114 Å². The van der Waals surface area contributed by atoms with Gasteiger partial charge in [0.25, 0.3) is 5.91 Å². The lowest BCUT2D eigenvalue weighted by molar-refractivity contribution is 0.0995. The number of hydrogen-bond acceptors (Lipinski definition) is 5. The van der Waals surface area contributed by atoms with E-state index in [1.165, 1.54) is 0 Å². The largest absolute Gasteiger partial charge is 0.451 e. The maximum Gasteiger partial charge on any atom is 0.328 e. The molecule has 0 saturated heterocycles. The van der Waals surface area contributed by atoms with Gasteiger partial charge in [-0.2, -0.15) is 4.98 Å². The van der Waals surface area contributed by atoms with Gasteiger partial charge < -0.3 is 8.94 Å². The number of carbonyl (C=O) groups is 1. The summed E-state index contributed by atoms with van der Waals surface area (Å²) in [7, 11) is 0. The van der Waals surface area contributed by atoms with E-state index < -0.39 is 5.91 Å². The highest BCUT2D eigenvalue weighted by atomic mass is 16.5. The topological polar surface area (TPSA) is 81.2 Å². The average molecular weight is 271 g/mol. The monoisotopic (exact) mass is 271 g/mol. The molecule has 0 spiro atoms. The van der Waals surface area contributed by atoms with Crippen molar-refractivity contribution in [1.29, 1.82) is 0 Å². The van der Waals surface area contributed by atoms with E-state index in [9.17, 15) is 4.79 Å². The molecule has 3 aromatic rings. The predicted octanol–water partition coefficient (Wildman–Crippen LogP) is 3.19. The summed E-state index contributed by atoms with van der Waals surface area (Å²) in [4.78, 5) is 16.1. The molecule has 3 rings (SSSR count). The molecule has 0 aliphatic rings. The first-order valence-electron chi connectivity index (χ1n) is 6.27. The molecular formula is C14H13N3O3. The highest BCUT2D eigenvalue weighted by Crippen LogP contribution is 2.20. The summed E-state index contributed by atoms with van der Waals surface area (Å²) in [5, 5.41) is 7.16. The van der Waals surface area contributed by atoms with Crippen LogP contribution >= 0.6 is 0 Å². The fourth-order valence-electron chi connectivity index (χ4n) is 1.77. The minimum Gasteiger partial charge on any atom is -0.451 e. The van der Waals surface area contributed by atoms with Crippen LogP contribution in [-0.4, -0.2) is 16.0 Å². The summed E-state index contributed by atoms with van der Waals surface area (Å²) >= 11 is 0. The standard InChI is InChI=1S/C14H13N3O3/c1-8(2)12-15-14(20-17-12)16-13(18)11-7-9-5-3-4-6-10(9)19-11/h3-8H,1-2H3,(H,15,16,17,18). The normalized spacial score (nSPS) is 11.2. The van der Waals surface area contributed by atoms with Crippen LogP contribution in [0.15, 0.2) is 39.3 Å². The van der Waals surface area contributed by atoms with E-state index in [0.717, 1.165) is 5.39 Å². The van der Waals surface area contributed by atoms with E-state index in [0.29, 0.717) is 11.4 Å². The van der Waals surface area contributed by atoms with E-state index in [1.54, 1.807) is 12.1 Å². The van der Waals surface area contributed by atoms with E-state index in [-0.39, 0.29) is 17.7 Å². The molecule has 2 aromatic heterocycles. The Morgan fingerprint density at radius 1 is 1.30 bits per heavy atom. The second kappa shape index (κ2) is 4.80. The van der Waals surface area contributed by atoms with Gasteiger partial charge in [0.15, 0.2) is 11.6 Å². The fourth-order valence-corrected chi connectivity index (χ4v) is 1.77. The summed E-state index contributed by atoms with van der Waals surface area (Å²) in [5.41, 5.74) is 0.658. The first kappa shape index (κ1) is 12.4. The molecule has 0 fully saturated rings. The number of carbonyl (C=O) groups excluding carboxylic acids is 1. The number of furan rings is 1. The van der Waals surface area contributed by atoms with Crippen molar-refractivity contribution in [1.82, 2.24) is 10.1 Å². The molecule has 0 bridgehead atoms. The lowest BCUT2D eigenvalue weighted by atomic mass is 10.2. The summed E-state index contributed by atoms with van der Waals surface area (Å²) < 4.78 is 10.4. The van der Waals surface area contributed by atoms with E-state index in [1.807, 2.05) is 32.0 Å². The predicted molar refractivity (Wildman–Crippen MR) is 72.6 cm³/mol. The van der Waals surface area contributed by atoms with Crippen LogP contribution in [0.2, 0.25) is 0 Å². The van der Waals surface area contributed by atoms with Crippen LogP contribution in [-0.2, 0) is 0 Å². The Kier molecular flexibility index (Phi) is 2.98.